The fourth-order valence-corrected chi connectivity index (χ4v) is 3.10. The van der Waals surface area contributed by atoms with Gasteiger partial charge in [-0.05, 0) is 31.2 Å². The van der Waals surface area contributed by atoms with E-state index in [1.54, 1.807) is 48.4 Å². The SMILES string of the molecule is COc1ccccc1N1CC(C(=O)Nc2ccccc2C(C)=O)CC1=O. The first-order chi connectivity index (χ1) is 12.5. The van der Waals surface area contributed by atoms with Crippen molar-refractivity contribution in [3.8, 4) is 5.75 Å². The van der Waals surface area contributed by atoms with Crippen molar-refractivity contribution in [3.05, 3.63) is 54.1 Å². The second kappa shape index (κ2) is 7.39. The number of ketones is 1. The van der Waals surface area contributed by atoms with Gasteiger partial charge in [-0.3, -0.25) is 14.4 Å². The lowest BCUT2D eigenvalue weighted by Crippen LogP contribution is -2.28. The van der Waals surface area contributed by atoms with Gasteiger partial charge >= 0.3 is 0 Å². The second-order valence-electron chi connectivity index (χ2n) is 6.17. The highest BCUT2D eigenvalue weighted by Gasteiger charge is 2.36. The number of anilines is 2. The van der Waals surface area contributed by atoms with Crippen molar-refractivity contribution < 1.29 is 19.1 Å². The van der Waals surface area contributed by atoms with Crippen LogP contribution in [-0.4, -0.2) is 31.3 Å². The summed E-state index contributed by atoms with van der Waals surface area (Å²) in [6.45, 7) is 1.72. The molecule has 134 valence electrons. The fraction of sp³-hybridized carbons (Fsp3) is 0.250. The molecule has 1 fully saturated rings. The molecule has 3 rings (SSSR count). The molecule has 1 saturated heterocycles. The summed E-state index contributed by atoms with van der Waals surface area (Å²) in [5, 5.41) is 2.79. The van der Waals surface area contributed by atoms with E-state index < -0.39 is 5.92 Å². The van der Waals surface area contributed by atoms with Crippen LogP contribution in [0.2, 0.25) is 0 Å². The molecule has 26 heavy (non-hydrogen) atoms. The Balaban J connectivity index is 1.77. The van der Waals surface area contributed by atoms with Gasteiger partial charge in [-0.1, -0.05) is 24.3 Å². The Hall–Kier alpha value is -3.15. The molecule has 1 unspecified atom stereocenters. The number of Topliss-reactive ketones (excluding diaryl/α,β-unsaturated/α-hetero) is 1. The molecule has 2 aromatic carbocycles. The number of carbonyl (C=O) groups is 3. The first-order valence-corrected chi connectivity index (χ1v) is 8.35. The van der Waals surface area contributed by atoms with Crippen LogP contribution >= 0.6 is 0 Å². The Morgan fingerprint density at radius 1 is 1.12 bits per heavy atom. The van der Waals surface area contributed by atoms with E-state index in [0.29, 0.717) is 22.7 Å². The van der Waals surface area contributed by atoms with E-state index in [1.165, 1.54) is 6.92 Å². The van der Waals surface area contributed by atoms with E-state index in [1.807, 2.05) is 12.1 Å². The van der Waals surface area contributed by atoms with E-state index in [0.717, 1.165) is 0 Å². The van der Waals surface area contributed by atoms with E-state index in [2.05, 4.69) is 5.32 Å². The van der Waals surface area contributed by atoms with Gasteiger partial charge in [0.05, 0.1) is 24.4 Å². The molecule has 1 N–H and O–H groups in total. The molecule has 6 heteroatoms. The van der Waals surface area contributed by atoms with E-state index in [9.17, 15) is 14.4 Å². The number of hydrogen-bond donors (Lipinski definition) is 1. The van der Waals surface area contributed by atoms with Gasteiger partial charge in [0.2, 0.25) is 11.8 Å². The fourth-order valence-electron chi connectivity index (χ4n) is 3.10. The zero-order chi connectivity index (χ0) is 18.7. The largest absolute Gasteiger partial charge is 0.495 e. The number of amides is 2. The van der Waals surface area contributed by atoms with Crippen molar-refractivity contribution in [2.75, 3.05) is 23.9 Å². The number of benzene rings is 2. The van der Waals surface area contributed by atoms with Crippen molar-refractivity contribution >= 4 is 29.0 Å². The second-order valence-corrected chi connectivity index (χ2v) is 6.17. The van der Waals surface area contributed by atoms with Crippen molar-refractivity contribution in [2.24, 2.45) is 5.92 Å². The number of para-hydroxylation sites is 3. The lowest BCUT2D eigenvalue weighted by Gasteiger charge is -2.19. The summed E-state index contributed by atoms with van der Waals surface area (Å²) in [5.41, 5.74) is 1.57. The predicted octanol–water partition coefficient (Wildman–Crippen LogP) is 2.89. The van der Waals surface area contributed by atoms with Crippen molar-refractivity contribution in [2.45, 2.75) is 13.3 Å². The van der Waals surface area contributed by atoms with Crippen molar-refractivity contribution in [1.82, 2.24) is 0 Å². The molecule has 0 radical (unpaired) electrons. The molecule has 6 nitrogen and oxygen atoms in total. The van der Waals surface area contributed by atoms with Gasteiger partial charge in [0, 0.05) is 18.5 Å². The van der Waals surface area contributed by atoms with Crippen LogP contribution < -0.4 is 15.0 Å². The van der Waals surface area contributed by atoms with Gasteiger partial charge in [-0.2, -0.15) is 0 Å². The molecule has 0 spiro atoms. The van der Waals surface area contributed by atoms with E-state index >= 15 is 0 Å². The highest BCUT2D eigenvalue weighted by molar-refractivity contribution is 6.07. The first kappa shape index (κ1) is 17.7. The molecule has 2 amide bonds. The Morgan fingerprint density at radius 3 is 2.54 bits per heavy atom. The first-order valence-electron chi connectivity index (χ1n) is 8.35. The predicted molar refractivity (Wildman–Crippen MR) is 98.5 cm³/mol. The maximum absolute atomic E-state index is 12.6. The monoisotopic (exact) mass is 352 g/mol. The quantitative estimate of drug-likeness (QED) is 0.840. The average Bonchev–Trinajstić information content (AvgIpc) is 3.03. The van der Waals surface area contributed by atoms with Crippen LogP contribution in [0.4, 0.5) is 11.4 Å². The summed E-state index contributed by atoms with van der Waals surface area (Å²) in [4.78, 5) is 38.3. The molecular weight excluding hydrogens is 332 g/mol. The van der Waals surface area contributed by atoms with Crippen LogP contribution in [0.3, 0.4) is 0 Å². The number of nitrogens with one attached hydrogen (secondary N) is 1. The van der Waals surface area contributed by atoms with Gasteiger partial charge in [-0.25, -0.2) is 0 Å². The Morgan fingerprint density at radius 2 is 1.81 bits per heavy atom. The Bertz CT molecular complexity index is 862. The third kappa shape index (κ3) is 3.44. The topological polar surface area (TPSA) is 75.7 Å². The molecule has 1 aliphatic rings. The van der Waals surface area contributed by atoms with E-state index in [-0.39, 0.29) is 30.6 Å². The third-order valence-electron chi connectivity index (χ3n) is 4.44. The minimum Gasteiger partial charge on any atom is -0.495 e. The van der Waals surface area contributed by atoms with Gasteiger partial charge in [0.1, 0.15) is 5.75 Å². The lowest BCUT2D eigenvalue weighted by atomic mass is 10.1. The highest BCUT2D eigenvalue weighted by Crippen LogP contribution is 2.33. The van der Waals surface area contributed by atoms with Crippen molar-refractivity contribution in [1.29, 1.82) is 0 Å². The maximum Gasteiger partial charge on any atom is 0.229 e. The summed E-state index contributed by atoms with van der Waals surface area (Å²) in [5.74, 6) is -0.436. The molecule has 0 saturated carbocycles. The number of carbonyl (C=O) groups excluding carboxylic acids is 3. The molecule has 0 aromatic heterocycles. The number of ether oxygens (including phenoxy) is 1. The Kier molecular flexibility index (Phi) is 5.02. The van der Waals surface area contributed by atoms with Gasteiger partial charge < -0.3 is 15.0 Å². The van der Waals surface area contributed by atoms with Crippen LogP contribution in [0.5, 0.6) is 5.75 Å². The van der Waals surface area contributed by atoms with Crippen LogP contribution in [0.1, 0.15) is 23.7 Å². The molecule has 1 atom stereocenters. The normalized spacial score (nSPS) is 16.5. The molecular formula is C20H20N2O4. The molecule has 1 heterocycles. The summed E-state index contributed by atoms with van der Waals surface area (Å²) >= 11 is 0. The smallest absolute Gasteiger partial charge is 0.229 e. The minimum absolute atomic E-state index is 0.117. The van der Waals surface area contributed by atoms with Crippen LogP contribution in [-0.2, 0) is 9.59 Å². The van der Waals surface area contributed by atoms with E-state index in [4.69, 9.17) is 4.74 Å². The highest BCUT2D eigenvalue weighted by atomic mass is 16.5. The van der Waals surface area contributed by atoms with Gasteiger partial charge in [-0.15, -0.1) is 0 Å². The molecule has 1 aliphatic heterocycles. The zero-order valence-electron chi connectivity index (χ0n) is 14.7. The van der Waals surface area contributed by atoms with Crippen LogP contribution in [0.15, 0.2) is 48.5 Å². The lowest BCUT2D eigenvalue weighted by molar-refractivity contribution is -0.122. The number of rotatable bonds is 5. The number of methoxy groups -OCH3 is 1. The Labute approximate surface area is 151 Å². The summed E-state index contributed by atoms with van der Waals surface area (Å²) in [7, 11) is 1.54. The third-order valence-corrected chi connectivity index (χ3v) is 4.44. The van der Waals surface area contributed by atoms with Crippen molar-refractivity contribution in [3.63, 3.8) is 0 Å². The van der Waals surface area contributed by atoms with Gasteiger partial charge in [0.15, 0.2) is 5.78 Å². The summed E-state index contributed by atoms with van der Waals surface area (Å²) in [6.07, 6.45) is 0.117. The number of nitrogens with zero attached hydrogens (tertiary/aromatic N) is 1. The maximum atomic E-state index is 12.6. The number of hydrogen-bond acceptors (Lipinski definition) is 4. The standard InChI is InChI=1S/C20H20N2O4/c1-13(23)15-7-3-4-8-16(15)21-20(25)14-11-19(24)22(12-14)17-9-5-6-10-18(17)26-2/h3-10,14H,11-12H2,1-2H3,(H,21,25). The zero-order valence-corrected chi connectivity index (χ0v) is 14.7. The average molecular weight is 352 g/mol. The van der Waals surface area contributed by atoms with Gasteiger partial charge in [0.25, 0.3) is 0 Å². The summed E-state index contributed by atoms with van der Waals surface area (Å²) in [6, 6.07) is 14.1. The van der Waals surface area contributed by atoms with Crippen LogP contribution in [0.25, 0.3) is 0 Å². The molecule has 2 aromatic rings. The minimum atomic E-state index is -0.493. The molecule has 0 bridgehead atoms. The van der Waals surface area contributed by atoms with Crippen LogP contribution in [0, 0.1) is 5.92 Å². The summed E-state index contributed by atoms with van der Waals surface area (Å²) < 4.78 is 5.31. The molecule has 0 aliphatic carbocycles.